The van der Waals surface area contributed by atoms with E-state index >= 15 is 0 Å². The Morgan fingerprint density at radius 3 is 2.33 bits per heavy atom. The number of anilines is 2. The zero-order valence-electron chi connectivity index (χ0n) is 19.7. The number of nitrogens with zero attached hydrogens (tertiary/aromatic N) is 4. The fourth-order valence-electron chi connectivity index (χ4n) is 3.98. The number of methoxy groups -OCH3 is 1. The summed E-state index contributed by atoms with van der Waals surface area (Å²) in [6.45, 7) is 10.2. The van der Waals surface area contributed by atoms with Crippen molar-refractivity contribution in [1.29, 1.82) is 0 Å². The van der Waals surface area contributed by atoms with Crippen LogP contribution in [-0.4, -0.2) is 41.1 Å². The van der Waals surface area contributed by atoms with E-state index in [1.54, 1.807) is 24.0 Å². The number of hydrogen-bond acceptors (Lipinski definition) is 5. The molecular weight excluding hydrogens is 414 g/mol. The fraction of sp³-hybridized carbons (Fsp3) is 0.269. The Morgan fingerprint density at radius 1 is 0.970 bits per heavy atom. The lowest BCUT2D eigenvalue weighted by molar-refractivity contribution is 0.102. The highest BCUT2D eigenvalue weighted by Gasteiger charge is 2.15. The third kappa shape index (κ3) is 4.39. The number of carbonyl (C=O) groups is 1. The van der Waals surface area contributed by atoms with E-state index < -0.39 is 0 Å². The number of aryl methyl sites for hydroxylation is 2. The zero-order chi connectivity index (χ0) is 23.5. The van der Waals surface area contributed by atoms with Gasteiger partial charge in [-0.05, 0) is 81.3 Å². The number of rotatable bonds is 7. The first kappa shape index (κ1) is 22.3. The van der Waals surface area contributed by atoms with Gasteiger partial charge < -0.3 is 15.0 Å². The van der Waals surface area contributed by atoms with Crippen molar-refractivity contribution in [2.75, 3.05) is 30.4 Å². The second kappa shape index (κ2) is 9.32. The highest BCUT2D eigenvalue weighted by Crippen LogP contribution is 2.26. The van der Waals surface area contributed by atoms with Crippen LogP contribution in [0.2, 0.25) is 0 Å². The molecule has 4 aromatic rings. The number of aromatic nitrogens is 3. The molecule has 0 atom stereocenters. The van der Waals surface area contributed by atoms with Gasteiger partial charge in [0.25, 0.3) is 5.91 Å². The third-order valence-corrected chi connectivity index (χ3v) is 5.85. The summed E-state index contributed by atoms with van der Waals surface area (Å²) in [5.74, 6) is 0.299. The Hall–Kier alpha value is -3.87. The van der Waals surface area contributed by atoms with Gasteiger partial charge in [-0.1, -0.05) is 12.1 Å². The molecule has 1 amide bonds. The van der Waals surface area contributed by atoms with Crippen LogP contribution in [0.15, 0.2) is 54.6 Å². The standard InChI is InChI=1S/C26H29N5O2/c1-6-30(7-2)19-12-13-24(18(4)14-19)31-28-22-15-17(3)21(16-23(22)29-31)27-26(32)20-10-8-9-11-25(20)33-5/h8-16H,6-7H2,1-5H3,(H,27,32). The van der Waals surface area contributed by atoms with Gasteiger partial charge in [0, 0.05) is 24.5 Å². The van der Waals surface area contributed by atoms with Crippen LogP contribution in [0.1, 0.15) is 35.3 Å². The second-order valence-electron chi connectivity index (χ2n) is 7.94. The molecular formula is C26H29N5O2. The van der Waals surface area contributed by atoms with Crippen LogP contribution in [0.4, 0.5) is 11.4 Å². The molecule has 0 fully saturated rings. The number of nitrogens with one attached hydrogen (secondary N) is 1. The average Bonchev–Trinajstić information content (AvgIpc) is 3.22. The molecule has 0 saturated carbocycles. The molecule has 0 aliphatic rings. The summed E-state index contributed by atoms with van der Waals surface area (Å²) in [6, 6.07) is 17.3. The minimum Gasteiger partial charge on any atom is -0.496 e. The molecule has 0 aliphatic carbocycles. The highest BCUT2D eigenvalue weighted by molar-refractivity contribution is 6.07. The van der Waals surface area contributed by atoms with Crippen LogP contribution < -0.4 is 15.0 Å². The largest absolute Gasteiger partial charge is 0.496 e. The Morgan fingerprint density at radius 2 is 1.67 bits per heavy atom. The van der Waals surface area contributed by atoms with E-state index in [4.69, 9.17) is 9.84 Å². The molecule has 170 valence electrons. The van der Waals surface area contributed by atoms with Gasteiger partial charge in [-0.2, -0.15) is 4.80 Å². The molecule has 0 aliphatic heterocycles. The van der Waals surface area contributed by atoms with Gasteiger partial charge in [0.05, 0.1) is 18.4 Å². The second-order valence-corrected chi connectivity index (χ2v) is 7.94. The summed E-state index contributed by atoms with van der Waals surface area (Å²) in [5, 5.41) is 12.4. The van der Waals surface area contributed by atoms with E-state index in [2.05, 4.69) is 54.3 Å². The first-order valence-corrected chi connectivity index (χ1v) is 11.1. The van der Waals surface area contributed by atoms with Gasteiger partial charge in [0.15, 0.2) is 0 Å². The lowest BCUT2D eigenvalue weighted by Crippen LogP contribution is -2.21. The quantitative estimate of drug-likeness (QED) is 0.428. The highest BCUT2D eigenvalue weighted by atomic mass is 16.5. The van der Waals surface area contributed by atoms with E-state index in [9.17, 15) is 4.79 Å². The van der Waals surface area contributed by atoms with Crippen molar-refractivity contribution in [3.8, 4) is 11.4 Å². The van der Waals surface area contributed by atoms with Crippen molar-refractivity contribution in [2.45, 2.75) is 27.7 Å². The van der Waals surface area contributed by atoms with Gasteiger partial charge in [-0.25, -0.2) is 0 Å². The van der Waals surface area contributed by atoms with E-state index in [1.165, 1.54) is 5.69 Å². The lowest BCUT2D eigenvalue weighted by atomic mass is 10.1. The zero-order valence-corrected chi connectivity index (χ0v) is 19.7. The van der Waals surface area contributed by atoms with Crippen LogP contribution in [0.25, 0.3) is 16.7 Å². The molecule has 3 aromatic carbocycles. The molecule has 0 radical (unpaired) electrons. The molecule has 0 spiro atoms. The Balaban J connectivity index is 1.65. The van der Waals surface area contributed by atoms with Crippen LogP contribution in [0.3, 0.4) is 0 Å². The van der Waals surface area contributed by atoms with Crippen LogP contribution in [0.5, 0.6) is 5.75 Å². The summed E-state index contributed by atoms with van der Waals surface area (Å²) in [7, 11) is 1.55. The first-order valence-electron chi connectivity index (χ1n) is 11.1. The predicted octanol–water partition coefficient (Wildman–Crippen LogP) is 5.14. The van der Waals surface area contributed by atoms with E-state index in [0.29, 0.717) is 22.5 Å². The maximum absolute atomic E-state index is 12.9. The first-order chi connectivity index (χ1) is 15.9. The van der Waals surface area contributed by atoms with Crippen LogP contribution in [-0.2, 0) is 0 Å². The fourth-order valence-corrected chi connectivity index (χ4v) is 3.98. The predicted molar refractivity (Wildman–Crippen MR) is 133 cm³/mol. The molecule has 1 heterocycles. The number of para-hydroxylation sites is 1. The molecule has 7 heteroatoms. The molecule has 1 N–H and O–H groups in total. The molecule has 4 rings (SSSR count). The average molecular weight is 444 g/mol. The minimum atomic E-state index is -0.231. The van der Waals surface area contributed by atoms with Gasteiger partial charge in [0.2, 0.25) is 0 Å². The normalized spacial score (nSPS) is 10.9. The number of ether oxygens (including phenoxy) is 1. The maximum Gasteiger partial charge on any atom is 0.259 e. The number of hydrogen-bond donors (Lipinski definition) is 1. The monoisotopic (exact) mass is 443 g/mol. The van der Waals surface area contributed by atoms with Crippen molar-refractivity contribution in [1.82, 2.24) is 15.0 Å². The molecule has 0 saturated heterocycles. The van der Waals surface area contributed by atoms with Crippen molar-refractivity contribution >= 4 is 28.3 Å². The smallest absolute Gasteiger partial charge is 0.259 e. The molecule has 7 nitrogen and oxygen atoms in total. The summed E-state index contributed by atoms with van der Waals surface area (Å²) in [5.41, 5.74) is 6.78. The molecule has 0 bridgehead atoms. The van der Waals surface area contributed by atoms with Crippen molar-refractivity contribution in [2.24, 2.45) is 0 Å². The van der Waals surface area contributed by atoms with Crippen molar-refractivity contribution in [3.63, 3.8) is 0 Å². The number of benzene rings is 3. The summed E-state index contributed by atoms with van der Waals surface area (Å²) in [4.78, 5) is 16.8. The number of amides is 1. The van der Waals surface area contributed by atoms with Crippen LogP contribution in [0, 0.1) is 13.8 Å². The van der Waals surface area contributed by atoms with Gasteiger partial charge in [0.1, 0.15) is 16.8 Å². The Labute approximate surface area is 194 Å². The maximum atomic E-state index is 12.9. The lowest BCUT2D eigenvalue weighted by Gasteiger charge is -2.22. The van der Waals surface area contributed by atoms with Gasteiger partial charge in [-0.3, -0.25) is 4.79 Å². The summed E-state index contributed by atoms with van der Waals surface area (Å²) in [6.07, 6.45) is 0. The minimum absolute atomic E-state index is 0.231. The Kier molecular flexibility index (Phi) is 6.31. The SMILES string of the molecule is CCN(CC)c1ccc(-n2nc3cc(C)c(NC(=O)c4ccccc4OC)cc3n2)c(C)c1. The van der Waals surface area contributed by atoms with Gasteiger partial charge in [-0.15, -0.1) is 10.2 Å². The molecule has 0 unspecified atom stereocenters. The van der Waals surface area contributed by atoms with Gasteiger partial charge >= 0.3 is 0 Å². The number of carbonyl (C=O) groups excluding carboxylic acids is 1. The van der Waals surface area contributed by atoms with Crippen molar-refractivity contribution in [3.05, 3.63) is 71.3 Å². The Bertz CT molecular complexity index is 1310. The molecule has 33 heavy (non-hydrogen) atoms. The topological polar surface area (TPSA) is 72.3 Å². The van der Waals surface area contributed by atoms with Crippen LogP contribution >= 0.6 is 0 Å². The molecule has 1 aromatic heterocycles. The van der Waals surface area contributed by atoms with E-state index in [0.717, 1.165) is 35.4 Å². The van der Waals surface area contributed by atoms with E-state index in [-0.39, 0.29) is 5.91 Å². The third-order valence-electron chi connectivity index (χ3n) is 5.85. The number of fused-ring (bicyclic) bond motifs is 1. The summed E-state index contributed by atoms with van der Waals surface area (Å²) >= 11 is 0. The van der Waals surface area contributed by atoms with Crippen molar-refractivity contribution < 1.29 is 9.53 Å². The van der Waals surface area contributed by atoms with E-state index in [1.807, 2.05) is 31.2 Å². The summed E-state index contributed by atoms with van der Waals surface area (Å²) < 4.78 is 5.32.